The summed E-state index contributed by atoms with van der Waals surface area (Å²) in [5, 5.41) is 7.39. The minimum Gasteiger partial charge on any atom is -0.345 e. The summed E-state index contributed by atoms with van der Waals surface area (Å²) in [6, 6.07) is 2.02. The van der Waals surface area contributed by atoms with Crippen molar-refractivity contribution in [2.75, 3.05) is 26.7 Å². The summed E-state index contributed by atoms with van der Waals surface area (Å²) >= 11 is 1.65. The van der Waals surface area contributed by atoms with Crippen LogP contribution in [0, 0.1) is 5.92 Å². The molecule has 0 saturated carbocycles. The second kappa shape index (κ2) is 5.46. The Morgan fingerprint density at radius 2 is 2.56 bits per heavy atom. The van der Waals surface area contributed by atoms with Crippen LogP contribution in [0.3, 0.4) is 0 Å². The van der Waals surface area contributed by atoms with Crippen molar-refractivity contribution in [2.24, 2.45) is 5.92 Å². The van der Waals surface area contributed by atoms with Gasteiger partial charge < -0.3 is 10.2 Å². The Kier molecular flexibility index (Phi) is 3.96. The molecular formula is C12H18N2OS. The molecule has 88 valence electrons. The van der Waals surface area contributed by atoms with E-state index < -0.39 is 0 Å². The fourth-order valence-corrected chi connectivity index (χ4v) is 2.73. The number of rotatable bonds is 4. The highest BCUT2D eigenvalue weighted by Gasteiger charge is 2.19. The molecule has 3 nitrogen and oxygen atoms in total. The second-order valence-corrected chi connectivity index (χ2v) is 5.22. The number of likely N-dealkylation sites (N-methyl/N-ethyl adjacent to an activating group) is 1. The number of carbonyl (C=O) groups is 1. The molecule has 2 rings (SSSR count). The van der Waals surface area contributed by atoms with Crippen LogP contribution in [0.5, 0.6) is 0 Å². The van der Waals surface area contributed by atoms with E-state index in [1.54, 1.807) is 11.3 Å². The van der Waals surface area contributed by atoms with Gasteiger partial charge in [-0.05, 0) is 47.8 Å². The molecule has 2 heterocycles. The van der Waals surface area contributed by atoms with E-state index in [4.69, 9.17) is 0 Å². The number of nitrogens with one attached hydrogen (secondary N) is 1. The zero-order chi connectivity index (χ0) is 11.4. The highest BCUT2D eigenvalue weighted by molar-refractivity contribution is 7.07. The number of hydrogen-bond donors (Lipinski definition) is 1. The SMILES string of the molecule is CN(C[C@H]1CCNC1)C(=O)Cc1ccsc1. The van der Waals surface area contributed by atoms with Gasteiger partial charge in [-0.3, -0.25) is 4.79 Å². The molecule has 1 fully saturated rings. The molecule has 1 aliphatic heterocycles. The lowest BCUT2D eigenvalue weighted by molar-refractivity contribution is -0.129. The van der Waals surface area contributed by atoms with E-state index in [1.165, 1.54) is 6.42 Å². The molecule has 16 heavy (non-hydrogen) atoms. The number of carbonyl (C=O) groups excluding carboxylic acids is 1. The van der Waals surface area contributed by atoms with Crippen LogP contribution in [0.25, 0.3) is 0 Å². The Labute approximate surface area is 100 Å². The van der Waals surface area contributed by atoms with Gasteiger partial charge in [0.1, 0.15) is 0 Å². The topological polar surface area (TPSA) is 32.3 Å². The fourth-order valence-electron chi connectivity index (χ4n) is 2.06. The monoisotopic (exact) mass is 238 g/mol. The summed E-state index contributed by atoms with van der Waals surface area (Å²) in [7, 11) is 1.91. The average Bonchev–Trinajstić information content (AvgIpc) is 2.90. The van der Waals surface area contributed by atoms with Crippen LogP contribution in [0.4, 0.5) is 0 Å². The molecule has 1 amide bonds. The fraction of sp³-hybridized carbons (Fsp3) is 0.583. The van der Waals surface area contributed by atoms with Gasteiger partial charge in [0.2, 0.25) is 5.91 Å². The van der Waals surface area contributed by atoms with Gasteiger partial charge in [0.25, 0.3) is 0 Å². The number of hydrogen-bond acceptors (Lipinski definition) is 3. The molecule has 1 aliphatic rings. The molecule has 1 atom stereocenters. The van der Waals surface area contributed by atoms with E-state index in [0.29, 0.717) is 12.3 Å². The number of thiophene rings is 1. The number of amides is 1. The normalized spacial score (nSPS) is 19.9. The lowest BCUT2D eigenvalue weighted by atomic mass is 10.1. The van der Waals surface area contributed by atoms with Gasteiger partial charge in [0.05, 0.1) is 6.42 Å². The Morgan fingerprint density at radius 3 is 3.19 bits per heavy atom. The van der Waals surface area contributed by atoms with Crippen molar-refractivity contribution in [1.82, 2.24) is 10.2 Å². The maximum Gasteiger partial charge on any atom is 0.226 e. The van der Waals surface area contributed by atoms with Crippen molar-refractivity contribution in [3.8, 4) is 0 Å². The van der Waals surface area contributed by atoms with Crippen LogP contribution < -0.4 is 5.32 Å². The predicted octanol–water partition coefficient (Wildman–Crippen LogP) is 1.36. The van der Waals surface area contributed by atoms with Crippen molar-refractivity contribution in [1.29, 1.82) is 0 Å². The average molecular weight is 238 g/mol. The highest BCUT2D eigenvalue weighted by atomic mass is 32.1. The molecule has 1 aromatic heterocycles. The largest absolute Gasteiger partial charge is 0.345 e. The first-order chi connectivity index (χ1) is 7.75. The van der Waals surface area contributed by atoms with Crippen LogP contribution in [0.1, 0.15) is 12.0 Å². The third-order valence-electron chi connectivity index (χ3n) is 3.06. The third-order valence-corrected chi connectivity index (χ3v) is 3.79. The van der Waals surface area contributed by atoms with E-state index in [0.717, 1.165) is 25.2 Å². The summed E-state index contributed by atoms with van der Waals surface area (Å²) < 4.78 is 0. The van der Waals surface area contributed by atoms with Crippen molar-refractivity contribution < 1.29 is 4.79 Å². The summed E-state index contributed by atoms with van der Waals surface area (Å²) in [6.07, 6.45) is 1.73. The Bertz CT molecular complexity index is 331. The Morgan fingerprint density at radius 1 is 1.69 bits per heavy atom. The summed E-state index contributed by atoms with van der Waals surface area (Å²) in [5.41, 5.74) is 1.13. The van der Waals surface area contributed by atoms with Gasteiger partial charge in [-0.1, -0.05) is 0 Å². The quantitative estimate of drug-likeness (QED) is 0.859. The molecule has 0 aromatic carbocycles. The van der Waals surface area contributed by atoms with E-state index >= 15 is 0 Å². The van der Waals surface area contributed by atoms with Crippen LogP contribution in [-0.4, -0.2) is 37.5 Å². The molecule has 4 heteroatoms. The minimum absolute atomic E-state index is 0.227. The zero-order valence-corrected chi connectivity index (χ0v) is 10.4. The van der Waals surface area contributed by atoms with E-state index in [-0.39, 0.29) is 5.91 Å². The van der Waals surface area contributed by atoms with Crippen molar-refractivity contribution in [3.05, 3.63) is 22.4 Å². The molecule has 0 radical (unpaired) electrons. The summed E-state index contributed by atoms with van der Waals surface area (Å²) in [5.74, 6) is 0.863. The maximum absolute atomic E-state index is 11.9. The van der Waals surface area contributed by atoms with Crippen LogP contribution in [0.15, 0.2) is 16.8 Å². The van der Waals surface area contributed by atoms with Crippen molar-refractivity contribution in [2.45, 2.75) is 12.8 Å². The predicted molar refractivity (Wildman–Crippen MR) is 66.6 cm³/mol. The maximum atomic E-state index is 11.9. The molecule has 0 unspecified atom stereocenters. The van der Waals surface area contributed by atoms with Gasteiger partial charge >= 0.3 is 0 Å². The third kappa shape index (κ3) is 3.06. The molecule has 0 aliphatic carbocycles. The van der Waals surface area contributed by atoms with E-state index in [2.05, 4.69) is 5.32 Å². The zero-order valence-electron chi connectivity index (χ0n) is 9.61. The minimum atomic E-state index is 0.227. The lowest BCUT2D eigenvalue weighted by Gasteiger charge is -2.20. The highest BCUT2D eigenvalue weighted by Crippen LogP contribution is 2.11. The second-order valence-electron chi connectivity index (χ2n) is 4.44. The van der Waals surface area contributed by atoms with Gasteiger partial charge in [0, 0.05) is 13.6 Å². The van der Waals surface area contributed by atoms with Crippen LogP contribution in [-0.2, 0) is 11.2 Å². The van der Waals surface area contributed by atoms with Gasteiger partial charge in [0.15, 0.2) is 0 Å². The number of nitrogens with zero attached hydrogens (tertiary/aromatic N) is 1. The first-order valence-corrected chi connectivity index (χ1v) is 6.66. The van der Waals surface area contributed by atoms with Gasteiger partial charge in [-0.2, -0.15) is 11.3 Å². The standard InChI is InChI=1S/C12H18N2OS/c1-14(8-11-2-4-13-7-11)12(15)6-10-3-5-16-9-10/h3,5,9,11,13H,2,4,6-8H2,1H3/t11-/m0/s1. The smallest absolute Gasteiger partial charge is 0.226 e. The molecule has 0 spiro atoms. The molecular weight excluding hydrogens is 220 g/mol. The van der Waals surface area contributed by atoms with Crippen LogP contribution >= 0.6 is 11.3 Å². The van der Waals surface area contributed by atoms with Crippen molar-refractivity contribution in [3.63, 3.8) is 0 Å². The molecule has 0 bridgehead atoms. The molecule has 1 N–H and O–H groups in total. The first-order valence-electron chi connectivity index (χ1n) is 5.71. The summed E-state index contributed by atoms with van der Waals surface area (Å²) in [6.45, 7) is 3.03. The molecule has 1 aromatic rings. The van der Waals surface area contributed by atoms with Crippen LogP contribution in [0.2, 0.25) is 0 Å². The lowest BCUT2D eigenvalue weighted by Crippen LogP contribution is -2.33. The van der Waals surface area contributed by atoms with Gasteiger partial charge in [-0.15, -0.1) is 0 Å². The van der Waals surface area contributed by atoms with E-state index in [9.17, 15) is 4.79 Å². The van der Waals surface area contributed by atoms with Gasteiger partial charge in [-0.25, -0.2) is 0 Å². The Hall–Kier alpha value is -0.870. The molecule has 1 saturated heterocycles. The van der Waals surface area contributed by atoms with E-state index in [1.807, 2.05) is 28.8 Å². The summed E-state index contributed by atoms with van der Waals surface area (Å²) in [4.78, 5) is 13.8. The Balaban J connectivity index is 1.79. The van der Waals surface area contributed by atoms with Crippen molar-refractivity contribution >= 4 is 17.2 Å². The first kappa shape index (κ1) is 11.6.